The van der Waals surface area contributed by atoms with Gasteiger partial charge in [0.15, 0.2) is 0 Å². The number of anilines is 2. The van der Waals surface area contributed by atoms with Gasteiger partial charge in [-0.2, -0.15) is 0 Å². The van der Waals surface area contributed by atoms with Gasteiger partial charge in [0.1, 0.15) is 11.4 Å². The molecule has 8 heteroatoms. The Balaban J connectivity index is 1.78. The van der Waals surface area contributed by atoms with Gasteiger partial charge in [-0.3, -0.25) is 9.59 Å². The van der Waals surface area contributed by atoms with Crippen molar-refractivity contribution < 1.29 is 27.5 Å². The molecule has 0 fully saturated rings. The summed E-state index contributed by atoms with van der Waals surface area (Å²) in [6, 6.07) is 19.0. The van der Waals surface area contributed by atoms with E-state index in [9.17, 15) is 22.8 Å². The second-order valence-electron chi connectivity index (χ2n) is 7.61. The van der Waals surface area contributed by atoms with Gasteiger partial charge in [0.25, 0.3) is 11.8 Å². The van der Waals surface area contributed by atoms with Crippen LogP contribution in [-0.2, 0) is 9.59 Å². The number of imide groups is 1. The SMILES string of the molecule is Cc1cc(C)cc(NC2=C(c3ccccc3)C(=O)N(c3cccc(OC(F)(F)F)c3)C2=O)c1. The summed E-state index contributed by atoms with van der Waals surface area (Å²) in [5.41, 5.74) is 3.19. The molecular weight excluding hydrogens is 433 g/mol. The van der Waals surface area contributed by atoms with Crippen LogP contribution in [-0.4, -0.2) is 18.2 Å². The van der Waals surface area contributed by atoms with E-state index in [4.69, 9.17) is 0 Å². The molecule has 0 aliphatic carbocycles. The number of aryl methyl sites for hydroxylation is 2. The molecule has 0 bridgehead atoms. The molecule has 3 aromatic carbocycles. The normalized spacial score (nSPS) is 14.2. The molecular formula is C25H19F3N2O3. The molecule has 0 atom stereocenters. The fourth-order valence-electron chi connectivity index (χ4n) is 3.76. The standard InChI is InChI=1S/C25H19F3N2O3/c1-15-11-16(2)13-18(12-15)29-22-21(17-7-4-3-5-8-17)23(31)30(24(22)32)19-9-6-10-20(14-19)33-25(26,27)28/h3-14,29H,1-2H3. The van der Waals surface area contributed by atoms with E-state index in [2.05, 4.69) is 10.1 Å². The quantitative estimate of drug-likeness (QED) is 0.512. The predicted molar refractivity (Wildman–Crippen MR) is 119 cm³/mol. The molecule has 33 heavy (non-hydrogen) atoms. The maximum atomic E-state index is 13.4. The van der Waals surface area contributed by atoms with E-state index in [1.165, 1.54) is 12.1 Å². The summed E-state index contributed by atoms with van der Waals surface area (Å²) in [5.74, 6) is -1.86. The van der Waals surface area contributed by atoms with Gasteiger partial charge < -0.3 is 10.1 Å². The summed E-state index contributed by atoms with van der Waals surface area (Å²) in [5, 5.41) is 3.06. The van der Waals surface area contributed by atoms with E-state index in [-0.39, 0.29) is 17.0 Å². The first-order chi connectivity index (χ1) is 15.6. The molecule has 2 amide bonds. The van der Waals surface area contributed by atoms with Gasteiger partial charge in [0.05, 0.1) is 11.3 Å². The van der Waals surface area contributed by atoms with E-state index in [1.807, 2.05) is 32.0 Å². The Kier molecular flexibility index (Phi) is 5.68. The van der Waals surface area contributed by atoms with Gasteiger partial charge >= 0.3 is 6.36 Å². The Morgan fingerprint density at radius 3 is 2.12 bits per heavy atom. The van der Waals surface area contributed by atoms with Gasteiger partial charge in [0.2, 0.25) is 0 Å². The Morgan fingerprint density at radius 1 is 0.818 bits per heavy atom. The Morgan fingerprint density at radius 2 is 1.48 bits per heavy atom. The van der Waals surface area contributed by atoms with Crippen molar-refractivity contribution in [2.45, 2.75) is 20.2 Å². The smallest absolute Gasteiger partial charge is 0.406 e. The molecule has 4 rings (SSSR count). The number of hydrogen-bond acceptors (Lipinski definition) is 4. The summed E-state index contributed by atoms with van der Waals surface area (Å²) in [6.45, 7) is 3.81. The fourth-order valence-corrected chi connectivity index (χ4v) is 3.76. The number of carbonyl (C=O) groups is 2. The molecule has 0 unspecified atom stereocenters. The van der Waals surface area contributed by atoms with Crippen LogP contribution in [0.4, 0.5) is 24.5 Å². The average Bonchev–Trinajstić information content (AvgIpc) is 2.96. The summed E-state index contributed by atoms with van der Waals surface area (Å²) in [4.78, 5) is 27.6. The van der Waals surface area contributed by atoms with Crippen molar-refractivity contribution in [1.29, 1.82) is 0 Å². The second kappa shape index (κ2) is 8.46. The molecule has 1 heterocycles. The molecule has 3 aromatic rings. The maximum absolute atomic E-state index is 13.4. The minimum absolute atomic E-state index is 0.0302. The average molecular weight is 452 g/mol. The third-order valence-electron chi connectivity index (χ3n) is 4.95. The number of rotatable bonds is 5. The van der Waals surface area contributed by atoms with E-state index >= 15 is 0 Å². The third kappa shape index (κ3) is 4.74. The van der Waals surface area contributed by atoms with Crippen LogP contribution in [0.1, 0.15) is 16.7 Å². The first-order valence-electron chi connectivity index (χ1n) is 10.0. The number of hydrogen-bond donors (Lipinski definition) is 1. The van der Waals surface area contributed by atoms with E-state index < -0.39 is 23.9 Å². The zero-order valence-electron chi connectivity index (χ0n) is 17.7. The zero-order valence-corrected chi connectivity index (χ0v) is 17.7. The summed E-state index contributed by atoms with van der Waals surface area (Å²) >= 11 is 0. The van der Waals surface area contributed by atoms with Gasteiger partial charge in [-0.1, -0.05) is 42.5 Å². The molecule has 0 spiro atoms. The van der Waals surface area contributed by atoms with Crippen LogP contribution in [0.25, 0.3) is 5.57 Å². The lowest BCUT2D eigenvalue weighted by atomic mass is 10.0. The Hall–Kier alpha value is -4.07. The van der Waals surface area contributed by atoms with Crippen molar-refractivity contribution in [2.24, 2.45) is 0 Å². The van der Waals surface area contributed by atoms with Gasteiger partial charge in [-0.15, -0.1) is 13.2 Å². The topological polar surface area (TPSA) is 58.6 Å². The molecule has 0 aromatic heterocycles. The molecule has 168 valence electrons. The van der Waals surface area contributed by atoms with Crippen LogP contribution in [0.2, 0.25) is 0 Å². The molecule has 0 saturated heterocycles. The lowest BCUT2D eigenvalue weighted by Crippen LogP contribution is -2.32. The summed E-state index contributed by atoms with van der Waals surface area (Å²) in [7, 11) is 0. The highest BCUT2D eigenvalue weighted by Gasteiger charge is 2.40. The predicted octanol–water partition coefficient (Wildman–Crippen LogP) is 5.60. The Labute approximate surface area is 188 Å². The number of ether oxygens (including phenoxy) is 1. The number of benzene rings is 3. The van der Waals surface area contributed by atoms with Crippen LogP contribution in [0.5, 0.6) is 5.75 Å². The number of carbonyl (C=O) groups excluding carboxylic acids is 2. The van der Waals surface area contributed by atoms with Crippen molar-refractivity contribution in [1.82, 2.24) is 0 Å². The van der Waals surface area contributed by atoms with Gasteiger partial charge in [0, 0.05) is 11.8 Å². The lowest BCUT2D eigenvalue weighted by molar-refractivity contribution is -0.274. The number of nitrogens with zero attached hydrogens (tertiary/aromatic N) is 1. The van der Waals surface area contributed by atoms with Crippen LogP contribution in [0.3, 0.4) is 0 Å². The van der Waals surface area contributed by atoms with Crippen LogP contribution in [0.15, 0.2) is 78.5 Å². The van der Waals surface area contributed by atoms with Crippen molar-refractivity contribution in [2.75, 3.05) is 10.2 Å². The van der Waals surface area contributed by atoms with Gasteiger partial charge in [-0.25, -0.2) is 4.90 Å². The van der Waals surface area contributed by atoms with Crippen molar-refractivity contribution in [3.05, 3.63) is 95.2 Å². The second-order valence-corrected chi connectivity index (χ2v) is 7.61. The van der Waals surface area contributed by atoms with Crippen LogP contribution in [0, 0.1) is 13.8 Å². The number of nitrogens with one attached hydrogen (secondary N) is 1. The number of alkyl halides is 3. The lowest BCUT2D eigenvalue weighted by Gasteiger charge is -2.17. The highest BCUT2D eigenvalue weighted by atomic mass is 19.4. The zero-order chi connectivity index (χ0) is 23.8. The summed E-state index contributed by atoms with van der Waals surface area (Å²) < 4.78 is 42.0. The van der Waals surface area contributed by atoms with Crippen molar-refractivity contribution >= 4 is 28.8 Å². The molecule has 1 N–H and O–H groups in total. The molecule has 5 nitrogen and oxygen atoms in total. The van der Waals surface area contributed by atoms with E-state index in [0.29, 0.717) is 11.3 Å². The first kappa shape index (κ1) is 22.1. The van der Waals surface area contributed by atoms with E-state index in [0.717, 1.165) is 28.2 Å². The van der Waals surface area contributed by atoms with Crippen LogP contribution < -0.4 is 15.0 Å². The fraction of sp³-hybridized carbons (Fsp3) is 0.120. The summed E-state index contributed by atoms with van der Waals surface area (Å²) in [6.07, 6.45) is -4.90. The highest BCUT2D eigenvalue weighted by Crippen LogP contribution is 2.35. The number of amides is 2. The largest absolute Gasteiger partial charge is 0.573 e. The van der Waals surface area contributed by atoms with Crippen molar-refractivity contribution in [3.8, 4) is 5.75 Å². The van der Waals surface area contributed by atoms with Gasteiger partial charge in [-0.05, 0) is 54.8 Å². The minimum Gasteiger partial charge on any atom is -0.406 e. The molecule has 1 aliphatic rings. The van der Waals surface area contributed by atoms with Crippen molar-refractivity contribution in [3.63, 3.8) is 0 Å². The highest BCUT2D eigenvalue weighted by molar-refractivity contribution is 6.46. The van der Waals surface area contributed by atoms with E-state index in [1.54, 1.807) is 30.3 Å². The first-order valence-corrected chi connectivity index (χ1v) is 10.0. The minimum atomic E-state index is -4.90. The number of halogens is 3. The maximum Gasteiger partial charge on any atom is 0.573 e. The monoisotopic (exact) mass is 452 g/mol. The molecule has 1 aliphatic heterocycles. The molecule has 0 saturated carbocycles. The Bertz CT molecular complexity index is 1250. The van der Waals surface area contributed by atoms with Crippen LogP contribution >= 0.6 is 0 Å². The molecule has 0 radical (unpaired) electrons. The third-order valence-corrected chi connectivity index (χ3v) is 4.95.